The fourth-order valence-corrected chi connectivity index (χ4v) is 4.21. The van der Waals surface area contributed by atoms with Gasteiger partial charge in [-0.1, -0.05) is 0 Å². The third kappa shape index (κ3) is 7.30. The molecule has 0 heterocycles. The molecule has 0 amide bonds. The summed E-state index contributed by atoms with van der Waals surface area (Å²) in [4.78, 5) is 0. The molecule has 0 bridgehead atoms. The van der Waals surface area contributed by atoms with Gasteiger partial charge in [0.25, 0.3) is 0 Å². The van der Waals surface area contributed by atoms with E-state index >= 15 is 0 Å². The van der Waals surface area contributed by atoms with Crippen LogP contribution in [0.25, 0.3) is 0 Å². The van der Waals surface area contributed by atoms with E-state index in [0.717, 1.165) is 6.42 Å². The zero-order chi connectivity index (χ0) is 10.7. The van der Waals surface area contributed by atoms with Crippen LogP contribution in [0.5, 0.6) is 0 Å². The van der Waals surface area contributed by atoms with Gasteiger partial charge in [-0.2, -0.15) is 0 Å². The van der Waals surface area contributed by atoms with Gasteiger partial charge in [-0.25, -0.2) is 0 Å². The van der Waals surface area contributed by atoms with Gasteiger partial charge in [-0.05, 0) is 0 Å². The van der Waals surface area contributed by atoms with Crippen LogP contribution in [0.3, 0.4) is 0 Å². The molecule has 0 aromatic carbocycles. The molecule has 0 aliphatic carbocycles. The van der Waals surface area contributed by atoms with Crippen molar-refractivity contribution >= 4 is 0 Å². The van der Waals surface area contributed by atoms with Crippen LogP contribution >= 0.6 is 0 Å². The molecule has 0 fully saturated rings. The summed E-state index contributed by atoms with van der Waals surface area (Å²) in [5, 5.41) is 0. The molecular weight excluding hydrogens is 339 g/mol. The van der Waals surface area contributed by atoms with Gasteiger partial charge in [-0.15, -0.1) is 0 Å². The monoisotopic (exact) mass is 359 g/mol. The van der Waals surface area contributed by atoms with E-state index in [-0.39, 0.29) is 11.1 Å². The second-order valence-corrected chi connectivity index (χ2v) is 7.63. The molecule has 0 aromatic rings. The molecule has 0 saturated carbocycles. The predicted molar refractivity (Wildman–Crippen MR) is 50.1 cm³/mol. The number of rotatable bonds is 2. The van der Waals surface area contributed by atoms with Crippen LogP contribution in [-0.2, 0) is 17.5 Å². The summed E-state index contributed by atoms with van der Waals surface area (Å²) < 4.78 is 21.7. The Morgan fingerprint density at radius 3 is 1.85 bits per heavy atom. The van der Waals surface area contributed by atoms with Crippen molar-refractivity contribution in [1.29, 1.82) is 0 Å². The number of halogens is 1. The molecule has 0 aliphatic rings. The van der Waals surface area contributed by atoms with Crippen LogP contribution < -0.4 is 0 Å². The minimum atomic E-state index is -3.25. The first-order valence-electron chi connectivity index (χ1n) is 4.53. The zero-order valence-corrected chi connectivity index (χ0v) is 12.3. The summed E-state index contributed by atoms with van der Waals surface area (Å²) in [6.07, 6.45) is 0.875. The fraction of sp³-hybridized carbons (Fsp3) is 1.00. The minimum absolute atomic E-state index is 0.225. The molecule has 0 saturated heterocycles. The van der Waals surface area contributed by atoms with Crippen molar-refractivity contribution in [2.24, 2.45) is 6.99 Å². The van der Waals surface area contributed by atoms with Crippen molar-refractivity contribution in [3.05, 3.63) is 0 Å². The number of hydrogen-bond donors (Lipinski definition) is 0. The Kier molecular flexibility index (Phi) is 4.71. The van der Waals surface area contributed by atoms with E-state index in [0.29, 0.717) is 0 Å². The predicted octanol–water partition coefficient (Wildman–Crippen LogP) is 3.84. The quantitative estimate of drug-likeness (QED) is 0.716. The number of hydrogen-bond acceptors (Lipinski definition) is 2. The van der Waals surface area contributed by atoms with Crippen molar-refractivity contribution in [2.75, 3.05) is 0 Å². The molecule has 0 atom stereocenters. The second-order valence-electron chi connectivity index (χ2n) is 4.74. The Morgan fingerprint density at radius 2 is 1.54 bits per heavy atom. The Bertz CT molecular complexity index is 245. The van der Waals surface area contributed by atoms with E-state index in [1.807, 2.05) is 41.5 Å². The first kappa shape index (κ1) is 13.2. The Morgan fingerprint density at radius 1 is 1.08 bits per heavy atom. The van der Waals surface area contributed by atoms with Crippen molar-refractivity contribution in [3.8, 4) is 0 Å². The van der Waals surface area contributed by atoms with Gasteiger partial charge >= 0.3 is 86.7 Å². The summed E-state index contributed by atoms with van der Waals surface area (Å²) in [7, 11) is 0. The van der Waals surface area contributed by atoms with Crippen molar-refractivity contribution in [3.63, 3.8) is 0 Å². The molecule has 0 N–H and O–H groups in total. The summed E-state index contributed by atoms with van der Waals surface area (Å²) in [6, 6.07) is 0. The van der Waals surface area contributed by atoms with Gasteiger partial charge in [-0.3, -0.25) is 0 Å². The van der Waals surface area contributed by atoms with E-state index in [1.54, 1.807) is 0 Å². The molecule has 0 rings (SSSR count). The molecule has 0 radical (unpaired) electrons. The molecule has 0 aliphatic heterocycles. The molecule has 0 aromatic heterocycles. The average Bonchev–Trinajstić information content (AvgIpc) is 1.81. The summed E-state index contributed by atoms with van der Waals surface area (Å²) in [5.41, 5.74) is -0.493. The zero-order valence-electron chi connectivity index (χ0n) is 9.39. The van der Waals surface area contributed by atoms with Crippen LogP contribution in [0.15, 0.2) is 6.99 Å². The van der Waals surface area contributed by atoms with Gasteiger partial charge < -0.3 is 0 Å². The van der Waals surface area contributed by atoms with E-state index in [4.69, 9.17) is 0 Å². The number of nitrogens with zero attached hydrogens (tertiary/aromatic N) is 2. The van der Waals surface area contributed by atoms with Crippen molar-refractivity contribution in [2.45, 2.75) is 59.0 Å². The maximum absolute atomic E-state index is 13.4. The maximum atomic E-state index is 13.4. The first-order valence-corrected chi connectivity index (χ1v) is 8.26. The Hall–Kier alpha value is 0.218. The molecular formula is C9H20FN2W. The average molecular weight is 359 g/mol. The van der Waals surface area contributed by atoms with Gasteiger partial charge in [0.05, 0.1) is 0 Å². The summed E-state index contributed by atoms with van der Waals surface area (Å²) >= 11 is -3.25. The molecule has 13 heavy (non-hydrogen) atoms. The van der Waals surface area contributed by atoms with Crippen LogP contribution in [0, 0.1) is 0 Å². The summed E-state index contributed by atoms with van der Waals surface area (Å²) in [5.74, 6) is 0. The molecule has 79 valence electrons. The van der Waals surface area contributed by atoms with Gasteiger partial charge in [0.1, 0.15) is 0 Å². The second kappa shape index (κ2) is 4.63. The standard InChI is InChI=1S/C5H11N.C4H9N.FH.W/c1-4-5(2,3)6;1-4(2,3)5;;/h4H2,1-3H3;1-3H3;1H;/q;;;+1/p-1. The van der Waals surface area contributed by atoms with Crippen LogP contribution in [0.2, 0.25) is 0 Å². The topological polar surface area (TPSA) is 24.7 Å². The van der Waals surface area contributed by atoms with Crippen LogP contribution in [0.4, 0.5) is 3.16 Å². The Balaban J connectivity index is 4.78. The van der Waals surface area contributed by atoms with Crippen molar-refractivity contribution < 1.29 is 20.6 Å². The molecule has 4 heteroatoms. The van der Waals surface area contributed by atoms with E-state index in [2.05, 4.69) is 6.99 Å². The van der Waals surface area contributed by atoms with E-state index < -0.39 is 17.5 Å². The van der Waals surface area contributed by atoms with Crippen LogP contribution in [-0.4, -0.2) is 11.1 Å². The van der Waals surface area contributed by atoms with Gasteiger partial charge in [0, 0.05) is 0 Å². The summed E-state index contributed by atoms with van der Waals surface area (Å²) in [6.45, 7) is 11.7. The Labute approximate surface area is 86.8 Å². The van der Waals surface area contributed by atoms with Crippen molar-refractivity contribution in [1.82, 2.24) is 0 Å². The fourth-order valence-electron chi connectivity index (χ4n) is 0.515. The van der Waals surface area contributed by atoms with E-state index in [1.165, 1.54) is 0 Å². The van der Waals surface area contributed by atoms with E-state index in [9.17, 15) is 3.16 Å². The normalized spacial score (nSPS) is 15.2. The molecule has 0 unspecified atom stereocenters. The molecule has 2 nitrogen and oxygen atoms in total. The first-order chi connectivity index (χ1) is 5.66. The van der Waals surface area contributed by atoms with Gasteiger partial charge in [0.15, 0.2) is 0 Å². The van der Waals surface area contributed by atoms with Gasteiger partial charge in [0.2, 0.25) is 0 Å². The third-order valence-corrected chi connectivity index (χ3v) is 6.36. The van der Waals surface area contributed by atoms with Crippen LogP contribution in [0.1, 0.15) is 48.0 Å². The SMILES string of the molecule is CCC(C)(C)[N]=[W]([F])=[N]C(C)(C)C. The third-order valence-electron chi connectivity index (χ3n) is 1.54. The molecule has 0 spiro atoms.